The van der Waals surface area contributed by atoms with Gasteiger partial charge >= 0.3 is 5.97 Å². The lowest BCUT2D eigenvalue weighted by Crippen LogP contribution is -2.68. The number of aryl methyl sites for hydroxylation is 1. The fraction of sp³-hybridized carbons (Fsp3) is 0.481. The summed E-state index contributed by atoms with van der Waals surface area (Å²) in [4.78, 5) is 52.0. The number of esters is 1. The number of carbonyl (C=O) groups excluding carboxylic acids is 4. The number of likely N-dealkylation sites (tertiary alicyclic amines) is 1. The first-order valence-corrected chi connectivity index (χ1v) is 13.8. The van der Waals surface area contributed by atoms with Crippen LogP contribution in [0.3, 0.4) is 0 Å². The van der Waals surface area contributed by atoms with Gasteiger partial charge < -0.3 is 24.5 Å². The molecule has 0 bridgehead atoms. The highest BCUT2D eigenvalue weighted by Crippen LogP contribution is 2.38. The van der Waals surface area contributed by atoms with E-state index >= 15 is 0 Å². The fourth-order valence-corrected chi connectivity index (χ4v) is 6.81. The summed E-state index contributed by atoms with van der Waals surface area (Å²) < 4.78 is 10.7. The molecule has 202 valence electrons. The molecule has 1 aliphatic carbocycles. The molecular formula is C27H31N3O7S. The number of methoxy groups -OCH3 is 1. The minimum Gasteiger partial charge on any atom is -0.505 e. The molecule has 0 radical (unpaired) electrons. The number of carbonyl (C=O) groups is 4. The molecule has 1 amide bonds. The molecule has 1 saturated carbocycles. The number of ether oxygens (including phenoxy) is 1. The second kappa shape index (κ2) is 10.8. The SMILES string of the molecule is COC(=O)[C@@H]1CCCN1C(=O)c1cccc(NC2C(=O)C(=O)C2NC(c2ccc(C)o2)C2CCCS2)c1O. The molecule has 3 heterocycles. The van der Waals surface area contributed by atoms with Crippen molar-refractivity contribution in [1.29, 1.82) is 0 Å². The van der Waals surface area contributed by atoms with Gasteiger partial charge in [-0.3, -0.25) is 19.7 Å². The number of nitrogens with zero attached hydrogens (tertiary/aromatic N) is 1. The summed E-state index contributed by atoms with van der Waals surface area (Å²) >= 11 is 1.81. The zero-order valence-corrected chi connectivity index (χ0v) is 22.1. The predicted octanol–water partition coefficient (Wildman–Crippen LogP) is 2.60. The van der Waals surface area contributed by atoms with Gasteiger partial charge in [0.1, 0.15) is 29.6 Å². The summed E-state index contributed by atoms with van der Waals surface area (Å²) in [5.41, 5.74) is 0.155. The van der Waals surface area contributed by atoms with Crippen LogP contribution in [0.2, 0.25) is 0 Å². The number of benzene rings is 1. The van der Waals surface area contributed by atoms with E-state index in [1.165, 1.54) is 18.1 Å². The minimum absolute atomic E-state index is 0.000274. The average molecular weight is 542 g/mol. The van der Waals surface area contributed by atoms with Crippen LogP contribution in [-0.2, 0) is 19.1 Å². The van der Waals surface area contributed by atoms with Gasteiger partial charge in [-0.1, -0.05) is 6.07 Å². The van der Waals surface area contributed by atoms with Crippen molar-refractivity contribution in [2.45, 2.75) is 62.0 Å². The molecule has 1 aromatic carbocycles. The molecule has 3 aliphatic rings. The molecule has 3 N–H and O–H groups in total. The summed E-state index contributed by atoms with van der Waals surface area (Å²) in [5, 5.41) is 17.5. The van der Waals surface area contributed by atoms with E-state index < -0.39 is 41.6 Å². The van der Waals surface area contributed by atoms with Crippen LogP contribution in [0, 0.1) is 6.92 Å². The van der Waals surface area contributed by atoms with Gasteiger partial charge in [0.05, 0.1) is 24.4 Å². The highest BCUT2D eigenvalue weighted by Gasteiger charge is 2.51. The number of rotatable bonds is 8. The number of anilines is 1. The van der Waals surface area contributed by atoms with Crippen LogP contribution < -0.4 is 10.6 Å². The van der Waals surface area contributed by atoms with Gasteiger partial charge in [-0.15, -0.1) is 0 Å². The van der Waals surface area contributed by atoms with E-state index in [9.17, 15) is 24.3 Å². The highest BCUT2D eigenvalue weighted by atomic mass is 32.2. The Bertz CT molecular complexity index is 1260. The first kappa shape index (κ1) is 26.3. The summed E-state index contributed by atoms with van der Waals surface area (Å²) in [6.45, 7) is 2.22. The standard InChI is InChI=1S/C27H31N3O7S/c1-14-10-11-18(37-14)20(19-9-5-13-38-19)29-22-21(24(32)25(22)33)28-16-7-3-6-15(23(16)31)26(34)30-12-4-8-17(30)27(35)36-2/h3,6-7,10-11,17,19-22,28-29,31H,4-5,8-9,12-13H2,1-2H3/t17-,19?,20?,21?,22?/m0/s1. The third kappa shape index (κ3) is 4.80. The lowest BCUT2D eigenvalue weighted by Gasteiger charge is -2.38. The highest BCUT2D eigenvalue weighted by molar-refractivity contribution is 8.00. The van der Waals surface area contributed by atoms with Crippen molar-refractivity contribution >= 4 is 40.9 Å². The maximum absolute atomic E-state index is 13.2. The molecule has 2 saturated heterocycles. The van der Waals surface area contributed by atoms with Crippen molar-refractivity contribution in [2.75, 3.05) is 24.7 Å². The first-order valence-electron chi connectivity index (χ1n) is 12.8. The average Bonchev–Trinajstić information content (AvgIpc) is 3.70. The Morgan fingerprint density at radius 3 is 2.61 bits per heavy atom. The van der Waals surface area contributed by atoms with Gasteiger partial charge in [0.15, 0.2) is 5.75 Å². The van der Waals surface area contributed by atoms with Crippen LogP contribution in [-0.4, -0.2) is 76.2 Å². The zero-order chi connectivity index (χ0) is 27.0. The van der Waals surface area contributed by atoms with Gasteiger partial charge in [0, 0.05) is 11.8 Å². The maximum atomic E-state index is 13.2. The Morgan fingerprint density at radius 1 is 1.13 bits per heavy atom. The Morgan fingerprint density at radius 2 is 1.92 bits per heavy atom. The van der Waals surface area contributed by atoms with E-state index in [0.29, 0.717) is 25.1 Å². The van der Waals surface area contributed by atoms with Gasteiger partial charge in [-0.05, 0) is 62.6 Å². The van der Waals surface area contributed by atoms with Crippen LogP contribution in [0.1, 0.15) is 53.6 Å². The van der Waals surface area contributed by atoms with E-state index in [-0.39, 0.29) is 28.3 Å². The molecule has 2 aromatic rings. The first-order chi connectivity index (χ1) is 18.3. The molecule has 5 atom stereocenters. The van der Waals surface area contributed by atoms with Gasteiger partial charge in [0.2, 0.25) is 11.6 Å². The zero-order valence-electron chi connectivity index (χ0n) is 21.3. The van der Waals surface area contributed by atoms with Crippen molar-refractivity contribution in [1.82, 2.24) is 10.2 Å². The van der Waals surface area contributed by atoms with Gasteiger partial charge in [-0.2, -0.15) is 11.8 Å². The summed E-state index contributed by atoms with van der Waals surface area (Å²) in [6.07, 6.45) is 3.16. The molecule has 5 rings (SSSR count). The second-order valence-electron chi connectivity index (χ2n) is 9.85. The van der Waals surface area contributed by atoms with E-state index in [1.54, 1.807) is 12.1 Å². The maximum Gasteiger partial charge on any atom is 0.328 e. The number of phenols is 1. The van der Waals surface area contributed by atoms with Crippen molar-refractivity contribution in [2.24, 2.45) is 0 Å². The van der Waals surface area contributed by atoms with Crippen molar-refractivity contribution in [3.8, 4) is 5.75 Å². The van der Waals surface area contributed by atoms with E-state index in [0.717, 1.165) is 24.4 Å². The number of nitrogens with one attached hydrogen (secondary N) is 2. The smallest absolute Gasteiger partial charge is 0.328 e. The van der Waals surface area contributed by atoms with E-state index in [2.05, 4.69) is 10.6 Å². The minimum atomic E-state index is -0.918. The Hall–Kier alpha value is -3.31. The van der Waals surface area contributed by atoms with Gasteiger partial charge in [0.25, 0.3) is 5.91 Å². The molecular weight excluding hydrogens is 510 g/mol. The number of thioether (sulfide) groups is 1. The largest absolute Gasteiger partial charge is 0.505 e. The second-order valence-corrected chi connectivity index (χ2v) is 11.2. The van der Waals surface area contributed by atoms with E-state index in [1.807, 2.05) is 30.8 Å². The van der Waals surface area contributed by atoms with Crippen molar-refractivity contribution < 1.29 is 33.4 Å². The van der Waals surface area contributed by atoms with Crippen LogP contribution in [0.5, 0.6) is 5.75 Å². The Balaban J connectivity index is 1.35. The lowest BCUT2D eigenvalue weighted by molar-refractivity contribution is -0.145. The number of ketones is 2. The third-order valence-electron chi connectivity index (χ3n) is 7.47. The molecule has 3 fully saturated rings. The molecule has 2 aliphatic heterocycles. The molecule has 1 aromatic heterocycles. The number of furan rings is 1. The van der Waals surface area contributed by atoms with Crippen LogP contribution >= 0.6 is 11.8 Å². The molecule has 11 heteroatoms. The monoisotopic (exact) mass is 541 g/mol. The Kier molecular flexibility index (Phi) is 7.49. The summed E-state index contributed by atoms with van der Waals surface area (Å²) in [6, 6.07) is 5.65. The van der Waals surface area contributed by atoms with Crippen LogP contribution in [0.15, 0.2) is 34.7 Å². The molecule has 38 heavy (non-hydrogen) atoms. The summed E-state index contributed by atoms with van der Waals surface area (Å²) in [5.74, 6) is 0.0115. The number of para-hydroxylation sites is 1. The van der Waals surface area contributed by atoms with Gasteiger partial charge in [-0.25, -0.2) is 4.79 Å². The quantitative estimate of drug-likeness (QED) is 0.260. The predicted molar refractivity (Wildman–Crippen MR) is 140 cm³/mol. The lowest BCUT2D eigenvalue weighted by atomic mass is 9.81. The number of amides is 1. The number of phenolic OH excluding ortho intramolecular Hbond substituents is 1. The number of hydrogen-bond donors (Lipinski definition) is 3. The van der Waals surface area contributed by atoms with Crippen molar-refractivity contribution in [3.05, 3.63) is 47.4 Å². The third-order valence-corrected chi connectivity index (χ3v) is 8.93. The molecule has 0 spiro atoms. The van der Waals surface area contributed by atoms with Crippen LogP contribution in [0.4, 0.5) is 5.69 Å². The molecule has 10 nitrogen and oxygen atoms in total. The fourth-order valence-electron chi connectivity index (χ4n) is 5.43. The summed E-state index contributed by atoms with van der Waals surface area (Å²) in [7, 11) is 1.27. The number of aromatic hydroxyl groups is 1. The number of Topliss-reactive ketones (excluding diaryl/α,β-unsaturated/α-hetero) is 2. The van der Waals surface area contributed by atoms with Crippen molar-refractivity contribution in [3.63, 3.8) is 0 Å². The normalized spacial score (nSPS) is 25.8. The van der Waals surface area contributed by atoms with E-state index in [4.69, 9.17) is 9.15 Å². The topological polar surface area (TPSA) is 138 Å². The Labute approximate surface area is 224 Å². The van der Waals surface area contributed by atoms with Crippen LogP contribution in [0.25, 0.3) is 0 Å². The number of hydrogen-bond acceptors (Lipinski definition) is 10. The molecule has 4 unspecified atom stereocenters.